The van der Waals surface area contributed by atoms with Crippen LogP contribution in [0.5, 0.6) is 11.5 Å². The lowest BCUT2D eigenvalue weighted by Gasteiger charge is -2.25. The molecule has 0 saturated heterocycles. The van der Waals surface area contributed by atoms with Crippen LogP contribution in [0.3, 0.4) is 0 Å². The van der Waals surface area contributed by atoms with E-state index in [4.69, 9.17) is 16.3 Å². The lowest BCUT2D eigenvalue weighted by atomic mass is 10.2. The number of sulfonamides is 1. The first-order valence-electron chi connectivity index (χ1n) is 10.2. The Labute approximate surface area is 203 Å². The van der Waals surface area contributed by atoms with E-state index in [0.717, 1.165) is 9.87 Å². The number of nitrogens with one attached hydrogen (secondary N) is 1. The molecule has 3 aromatic carbocycles. The molecule has 0 aliphatic carbocycles. The monoisotopic (exact) mass is 501 g/mol. The lowest BCUT2D eigenvalue weighted by Crippen LogP contribution is -2.40. The number of halogens is 1. The van der Waals surface area contributed by atoms with E-state index in [9.17, 15) is 18.3 Å². The van der Waals surface area contributed by atoms with E-state index in [-0.39, 0.29) is 22.1 Å². The van der Waals surface area contributed by atoms with Gasteiger partial charge in [0.2, 0.25) is 0 Å². The summed E-state index contributed by atoms with van der Waals surface area (Å²) in [5, 5.41) is 13.9. The fourth-order valence-electron chi connectivity index (χ4n) is 3.12. The van der Waals surface area contributed by atoms with Gasteiger partial charge in [0.25, 0.3) is 15.9 Å². The molecule has 0 aliphatic rings. The van der Waals surface area contributed by atoms with Gasteiger partial charge in [-0.25, -0.2) is 13.8 Å². The molecule has 1 amide bonds. The van der Waals surface area contributed by atoms with Gasteiger partial charge in [-0.1, -0.05) is 35.4 Å². The fourth-order valence-corrected chi connectivity index (χ4v) is 4.77. The third-order valence-corrected chi connectivity index (χ3v) is 7.19. The Balaban J connectivity index is 1.87. The summed E-state index contributed by atoms with van der Waals surface area (Å²) >= 11 is 6.22. The van der Waals surface area contributed by atoms with E-state index in [1.165, 1.54) is 37.6 Å². The van der Waals surface area contributed by atoms with Crippen LogP contribution in [0.1, 0.15) is 16.7 Å². The number of hydrazone groups is 1. The minimum Gasteiger partial charge on any atom is -0.504 e. The highest BCUT2D eigenvalue weighted by Gasteiger charge is 2.28. The molecule has 0 atom stereocenters. The number of carbonyl (C=O) groups excluding carboxylic acids is 1. The second-order valence-electron chi connectivity index (χ2n) is 7.43. The number of hydrogen-bond donors (Lipinski definition) is 2. The molecule has 0 aromatic heterocycles. The van der Waals surface area contributed by atoms with E-state index in [2.05, 4.69) is 10.5 Å². The Kier molecular flexibility index (Phi) is 7.80. The Morgan fingerprint density at radius 2 is 1.85 bits per heavy atom. The van der Waals surface area contributed by atoms with Crippen LogP contribution in [0.4, 0.5) is 5.69 Å². The molecule has 0 radical (unpaired) electrons. The summed E-state index contributed by atoms with van der Waals surface area (Å²) in [7, 11) is -2.66. The molecule has 0 unspecified atom stereocenters. The van der Waals surface area contributed by atoms with Crippen molar-refractivity contribution in [1.82, 2.24) is 5.43 Å². The van der Waals surface area contributed by atoms with Gasteiger partial charge in [-0.3, -0.25) is 9.10 Å². The van der Waals surface area contributed by atoms with Crippen molar-refractivity contribution in [2.45, 2.75) is 18.7 Å². The number of phenolic OH excluding ortho intramolecular Hbond substituents is 1. The van der Waals surface area contributed by atoms with Crippen LogP contribution >= 0.6 is 11.6 Å². The van der Waals surface area contributed by atoms with Crippen molar-refractivity contribution in [2.24, 2.45) is 5.10 Å². The zero-order valence-electron chi connectivity index (χ0n) is 18.8. The molecule has 0 fully saturated rings. The summed E-state index contributed by atoms with van der Waals surface area (Å²) < 4.78 is 33.0. The molecule has 8 nitrogen and oxygen atoms in total. The van der Waals surface area contributed by atoms with Crippen LogP contribution in [-0.2, 0) is 14.8 Å². The van der Waals surface area contributed by atoms with Crippen LogP contribution in [0.15, 0.2) is 70.7 Å². The highest BCUT2D eigenvalue weighted by atomic mass is 35.5. The summed E-state index contributed by atoms with van der Waals surface area (Å²) in [6.07, 6.45) is 1.35. The first-order chi connectivity index (χ1) is 16.1. The van der Waals surface area contributed by atoms with Gasteiger partial charge in [0.1, 0.15) is 6.54 Å². The van der Waals surface area contributed by atoms with Crippen LogP contribution in [0.25, 0.3) is 0 Å². The van der Waals surface area contributed by atoms with E-state index >= 15 is 0 Å². The van der Waals surface area contributed by atoms with E-state index in [1.54, 1.807) is 43.3 Å². The van der Waals surface area contributed by atoms with E-state index in [0.29, 0.717) is 16.1 Å². The Bertz CT molecular complexity index is 1320. The first-order valence-corrected chi connectivity index (χ1v) is 12.0. The average molecular weight is 502 g/mol. The number of anilines is 1. The van der Waals surface area contributed by atoms with Crippen molar-refractivity contribution in [2.75, 3.05) is 18.0 Å². The van der Waals surface area contributed by atoms with E-state index < -0.39 is 22.5 Å². The van der Waals surface area contributed by atoms with Crippen LogP contribution < -0.4 is 14.5 Å². The lowest BCUT2D eigenvalue weighted by molar-refractivity contribution is -0.119. The molecule has 0 bridgehead atoms. The normalized spacial score (nSPS) is 11.4. The third-order valence-electron chi connectivity index (χ3n) is 5.01. The predicted octanol–water partition coefficient (Wildman–Crippen LogP) is 4.02. The fraction of sp³-hybridized carbons (Fsp3) is 0.167. The summed E-state index contributed by atoms with van der Waals surface area (Å²) in [6.45, 7) is 3.02. The molecule has 0 spiro atoms. The van der Waals surface area contributed by atoms with Crippen molar-refractivity contribution >= 4 is 39.4 Å². The number of aryl methyl sites for hydroxylation is 1. The topological polar surface area (TPSA) is 108 Å². The molecular formula is C24H24ClN3O5S. The van der Waals surface area contributed by atoms with Crippen molar-refractivity contribution in [3.05, 3.63) is 82.4 Å². The van der Waals surface area contributed by atoms with Crippen molar-refractivity contribution in [1.29, 1.82) is 0 Å². The largest absolute Gasteiger partial charge is 0.504 e. The van der Waals surface area contributed by atoms with Gasteiger partial charge in [0.05, 0.1) is 23.9 Å². The van der Waals surface area contributed by atoms with Gasteiger partial charge in [0, 0.05) is 5.02 Å². The zero-order valence-corrected chi connectivity index (χ0v) is 20.4. The Morgan fingerprint density at radius 3 is 2.53 bits per heavy atom. The Hall–Kier alpha value is -3.56. The van der Waals surface area contributed by atoms with Crippen LogP contribution in [0.2, 0.25) is 5.02 Å². The maximum absolute atomic E-state index is 13.5. The molecule has 0 saturated carbocycles. The summed E-state index contributed by atoms with van der Waals surface area (Å²) in [5.74, 6) is -0.434. The van der Waals surface area contributed by atoms with Crippen LogP contribution in [-0.4, -0.2) is 39.3 Å². The molecule has 3 rings (SSSR count). The average Bonchev–Trinajstić information content (AvgIpc) is 2.81. The predicted molar refractivity (Wildman–Crippen MR) is 132 cm³/mol. The minimum absolute atomic E-state index is 0.0301. The summed E-state index contributed by atoms with van der Waals surface area (Å²) in [6, 6.07) is 15.8. The van der Waals surface area contributed by atoms with E-state index in [1.807, 2.05) is 6.92 Å². The maximum Gasteiger partial charge on any atom is 0.264 e. The number of aromatic hydroxyl groups is 1. The molecule has 178 valence electrons. The summed E-state index contributed by atoms with van der Waals surface area (Å²) in [5.41, 5.74) is 4.61. The number of methoxy groups -OCH3 is 1. The molecular weight excluding hydrogens is 478 g/mol. The van der Waals surface area contributed by atoms with Crippen molar-refractivity contribution in [3.63, 3.8) is 0 Å². The number of amides is 1. The number of hydrogen-bond acceptors (Lipinski definition) is 6. The minimum atomic E-state index is -4.08. The second kappa shape index (κ2) is 10.6. The van der Waals surface area contributed by atoms with Gasteiger partial charge in [-0.15, -0.1) is 0 Å². The highest BCUT2D eigenvalue weighted by Crippen LogP contribution is 2.31. The molecule has 2 N–H and O–H groups in total. The molecule has 0 heterocycles. The highest BCUT2D eigenvalue weighted by molar-refractivity contribution is 7.92. The van der Waals surface area contributed by atoms with Gasteiger partial charge in [-0.05, 0) is 67.4 Å². The quantitative estimate of drug-likeness (QED) is 0.358. The zero-order chi connectivity index (χ0) is 24.9. The van der Waals surface area contributed by atoms with Gasteiger partial charge in [-0.2, -0.15) is 5.10 Å². The maximum atomic E-state index is 13.5. The van der Waals surface area contributed by atoms with Crippen LogP contribution in [0, 0.1) is 13.8 Å². The first kappa shape index (κ1) is 25.1. The van der Waals surface area contributed by atoms with Gasteiger partial charge >= 0.3 is 0 Å². The number of benzene rings is 3. The molecule has 0 aliphatic heterocycles. The number of carbonyl (C=O) groups is 1. The number of phenols is 1. The Morgan fingerprint density at radius 1 is 1.15 bits per heavy atom. The van der Waals surface area contributed by atoms with Crippen molar-refractivity contribution in [3.8, 4) is 11.5 Å². The number of nitrogens with zero attached hydrogens (tertiary/aromatic N) is 2. The SMILES string of the molecule is COc1cc(/C=N\NC(=O)CN(c2cccc(Cl)c2C)S(=O)(=O)c2ccc(C)cc2)ccc1O. The van der Waals surface area contributed by atoms with Crippen molar-refractivity contribution < 1.29 is 23.1 Å². The smallest absolute Gasteiger partial charge is 0.264 e. The summed E-state index contributed by atoms with van der Waals surface area (Å²) in [4.78, 5) is 12.7. The van der Waals surface area contributed by atoms with Gasteiger partial charge < -0.3 is 9.84 Å². The van der Waals surface area contributed by atoms with Gasteiger partial charge in [0.15, 0.2) is 11.5 Å². The molecule has 34 heavy (non-hydrogen) atoms. The molecule has 10 heteroatoms. The number of rotatable bonds is 8. The number of ether oxygens (including phenoxy) is 1. The second-order valence-corrected chi connectivity index (χ2v) is 9.70. The molecule has 3 aromatic rings. The third kappa shape index (κ3) is 5.67. The standard InChI is InChI=1S/C24H24ClN3O5S/c1-16-7-10-19(11-8-16)34(31,32)28(21-6-4-5-20(25)17(21)2)15-24(30)27-26-14-18-9-12-22(29)23(13-18)33-3/h4-14,29H,15H2,1-3H3,(H,27,30)/b26-14-.